The molecule has 0 spiro atoms. The van der Waals surface area contributed by atoms with Gasteiger partial charge in [-0.1, -0.05) is 5.21 Å². The van der Waals surface area contributed by atoms with E-state index in [1.807, 2.05) is 0 Å². The van der Waals surface area contributed by atoms with Crippen LogP contribution in [0.15, 0.2) is 6.20 Å². The van der Waals surface area contributed by atoms with E-state index in [9.17, 15) is 13.2 Å². The van der Waals surface area contributed by atoms with Crippen molar-refractivity contribution in [2.45, 2.75) is 6.54 Å². The number of carboxylic acids is 1. The van der Waals surface area contributed by atoms with Crippen molar-refractivity contribution in [3.05, 3.63) is 11.9 Å². The van der Waals surface area contributed by atoms with Crippen LogP contribution in [-0.4, -0.2) is 59.4 Å². The molecule has 1 aromatic rings. The molecule has 0 atom stereocenters. The molecule has 0 fully saturated rings. The number of nitrogens with one attached hydrogen (secondary N) is 1. The van der Waals surface area contributed by atoms with Crippen molar-refractivity contribution in [2.75, 3.05) is 20.6 Å². The quantitative estimate of drug-likeness (QED) is 0.636. The summed E-state index contributed by atoms with van der Waals surface area (Å²) in [4.78, 5) is 10.5. The van der Waals surface area contributed by atoms with Gasteiger partial charge in [0.15, 0.2) is 5.69 Å². The lowest BCUT2D eigenvalue weighted by Crippen LogP contribution is -2.37. The van der Waals surface area contributed by atoms with Gasteiger partial charge in [-0.15, -0.1) is 5.10 Å². The largest absolute Gasteiger partial charge is 0.476 e. The molecule has 0 radical (unpaired) electrons. The predicted octanol–water partition coefficient (Wildman–Crippen LogP) is -1.63. The zero-order valence-electron chi connectivity index (χ0n) is 9.36. The number of aromatic nitrogens is 3. The Balaban J connectivity index is 2.49. The van der Waals surface area contributed by atoms with Crippen molar-refractivity contribution in [3.63, 3.8) is 0 Å². The molecule has 0 saturated heterocycles. The minimum Gasteiger partial charge on any atom is -0.476 e. The summed E-state index contributed by atoms with van der Waals surface area (Å²) >= 11 is 0. The van der Waals surface area contributed by atoms with Gasteiger partial charge in [-0.3, -0.25) is 4.68 Å². The van der Waals surface area contributed by atoms with E-state index in [1.54, 1.807) is 0 Å². The number of hydrogen-bond acceptors (Lipinski definition) is 5. The molecular weight excluding hydrogens is 250 g/mol. The Morgan fingerprint density at radius 3 is 2.71 bits per heavy atom. The Kier molecular flexibility index (Phi) is 4.15. The fraction of sp³-hybridized carbons (Fsp3) is 0.571. The highest BCUT2D eigenvalue weighted by Gasteiger charge is 2.12. The van der Waals surface area contributed by atoms with Gasteiger partial charge >= 0.3 is 5.97 Å². The summed E-state index contributed by atoms with van der Waals surface area (Å²) in [5, 5.41) is 15.5. The van der Waals surface area contributed by atoms with E-state index in [2.05, 4.69) is 15.0 Å². The number of hydrogen-bond donors (Lipinski definition) is 2. The van der Waals surface area contributed by atoms with Gasteiger partial charge in [0.25, 0.3) is 10.2 Å². The topological polar surface area (TPSA) is 117 Å². The number of rotatable bonds is 6. The maximum atomic E-state index is 11.3. The first-order valence-corrected chi connectivity index (χ1v) is 6.07. The Morgan fingerprint density at radius 1 is 1.59 bits per heavy atom. The Labute approximate surface area is 98.2 Å². The molecule has 10 heteroatoms. The number of nitrogens with zero attached hydrogens (tertiary/aromatic N) is 4. The number of aromatic carboxylic acids is 1. The summed E-state index contributed by atoms with van der Waals surface area (Å²) in [5.41, 5.74) is -0.180. The lowest BCUT2D eigenvalue weighted by atomic mass is 10.5. The zero-order valence-corrected chi connectivity index (χ0v) is 10.2. The van der Waals surface area contributed by atoms with Crippen LogP contribution in [0.2, 0.25) is 0 Å². The maximum absolute atomic E-state index is 11.3. The molecule has 0 bridgehead atoms. The van der Waals surface area contributed by atoms with E-state index in [0.29, 0.717) is 0 Å². The SMILES string of the molecule is CN(C)S(=O)(=O)NCCn1cc(C(=O)O)nn1. The van der Waals surface area contributed by atoms with E-state index in [4.69, 9.17) is 5.11 Å². The van der Waals surface area contributed by atoms with E-state index in [1.165, 1.54) is 25.0 Å². The molecule has 0 aromatic carbocycles. The van der Waals surface area contributed by atoms with Crippen LogP contribution in [0.3, 0.4) is 0 Å². The minimum atomic E-state index is -3.47. The van der Waals surface area contributed by atoms with Gasteiger partial charge in [0.2, 0.25) is 0 Å². The summed E-state index contributed by atoms with van der Waals surface area (Å²) < 4.78 is 27.2. The Bertz CT molecular complexity index is 494. The molecule has 1 rings (SSSR count). The summed E-state index contributed by atoms with van der Waals surface area (Å²) in [6.45, 7) is 0.302. The first-order chi connectivity index (χ1) is 7.83. The van der Waals surface area contributed by atoms with Gasteiger partial charge in [-0.25, -0.2) is 9.52 Å². The molecule has 0 unspecified atom stereocenters. The van der Waals surface area contributed by atoms with Crippen molar-refractivity contribution >= 4 is 16.2 Å². The minimum absolute atomic E-state index is 0.100. The van der Waals surface area contributed by atoms with Crippen LogP contribution >= 0.6 is 0 Å². The average Bonchev–Trinajstić information content (AvgIpc) is 2.66. The Morgan fingerprint density at radius 2 is 2.24 bits per heavy atom. The van der Waals surface area contributed by atoms with Crippen molar-refractivity contribution in [2.24, 2.45) is 0 Å². The highest BCUT2D eigenvalue weighted by molar-refractivity contribution is 7.87. The third-order valence-electron chi connectivity index (χ3n) is 1.86. The van der Waals surface area contributed by atoms with Gasteiger partial charge < -0.3 is 5.11 Å². The molecule has 0 amide bonds. The van der Waals surface area contributed by atoms with Gasteiger partial charge in [-0.05, 0) is 0 Å². The molecule has 9 nitrogen and oxygen atoms in total. The molecule has 1 aromatic heterocycles. The fourth-order valence-corrected chi connectivity index (χ4v) is 1.53. The van der Waals surface area contributed by atoms with Crippen molar-refractivity contribution < 1.29 is 18.3 Å². The van der Waals surface area contributed by atoms with Gasteiger partial charge in [0.1, 0.15) is 0 Å². The zero-order chi connectivity index (χ0) is 13.1. The molecule has 1 heterocycles. The van der Waals surface area contributed by atoms with Crippen LogP contribution in [0, 0.1) is 0 Å². The van der Waals surface area contributed by atoms with Gasteiger partial charge in [-0.2, -0.15) is 12.7 Å². The maximum Gasteiger partial charge on any atom is 0.358 e. The normalized spacial score (nSPS) is 11.9. The third-order valence-corrected chi connectivity index (χ3v) is 3.39. The number of carboxylic acid groups (broad SMARTS) is 1. The summed E-state index contributed by atoms with van der Waals surface area (Å²) in [7, 11) is -0.666. The summed E-state index contributed by atoms with van der Waals surface area (Å²) in [6.07, 6.45) is 1.23. The van der Waals surface area contributed by atoms with E-state index < -0.39 is 16.2 Å². The number of carbonyl (C=O) groups is 1. The Hall–Kier alpha value is -1.52. The molecule has 0 aliphatic heterocycles. The molecule has 0 aliphatic rings. The molecule has 17 heavy (non-hydrogen) atoms. The second kappa shape index (κ2) is 5.21. The highest BCUT2D eigenvalue weighted by Crippen LogP contribution is 1.93. The van der Waals surface area contributed by atoms with Crippen molar-refractivity contribution in [1.29, 1.82) is 0 Å². The first kappa shape index (κ1) is 13.5. The molecule has 0 aliphatic carbocycles. The monoisotopic (exact) mass is 263 g/mol. The third kappa shape index (κ3) is 3.76. The van der Waals surface area contributed by atoms with Crippen LogP contribution in [0.25, 0.3) is 0 Å². The lowest BCUT2D eigenvalue weighted by molar-refractivity contribution is 0.0690. The average molecular weight is 263 g/mol. The van der Waals surface area contributed by atoms with Crippen LogP contribution in [-0.2, 0) is 16.8 Å². The van der Waals surface area contributed by atoms with Crippen LogP contribution in [0.5, 0.6) is 0 Å². The van der Waals surface area contributed by atoms with E-state index >= 15 is 0 Å². The molecule has 96 valence electrons. The van der Waals surface area contributed by atoms with Gasteiger partial charge in [0, 0.05) is 20.6 Å². The fourth-order valence-electron chi connectivity index (χ4n) is 0.924. The van der Waals surface area contributed by atoms with Gasteiger partial charge in [0.05, 0.1) is 12.7 Å². The second-order valence-corrected chi connectivity index (χ2v) is 5.32. The van der Waals surface area contributed by atoms with E-state index in [0.717, 1.165) is 4.31 Å². The van der Waals surface area contributed by atoms with Crippen molar-refractivity contribution in [1.82, 2.24) is 24.0 Å². The first-order valence-electron chi connectivity index (χ1n) is 4.63. The standard InChI is InChI=1S/C7H13N5O4S/c1-11(2)17(15,16)8-3-4-12-5-6(7(13)14)9-10-12/h5,8H,3-4H2,1-2H3,(H,13,14). The van der Waals surface area contributed by atoms with Crippen molar-refractivity contribution in [3.8, 4) is 0 Å². The summed E-state index contributed by atoms with van der Waals surface area (Å²) in [5.74, 6) is -1.18. The van der Waals surface area contributed by atoms with Crippen LogP contribution in [0.1, 0.15) is 10.5 Å². The second-order valence-electron chi connectivity index (χ2n) is 3.35. The molecule has 0 saturated carbocycles. The predicted molar refractivity (Wildman–Crippen MR) is 57.6 cm³/mol. The summed E-state index contributed by atoms with van der Waals surface area (Å²) in [6, 6.07) is 0. The smallest absolute Gasteiger partial charge is 0.358 e. The van der Waals surface area contributed by atoms with Crippen LogP contribution in [0.4, 0.5) is 0 Å². The van der Waals surface area contributed by atoms with E-state index in [-0.39, 0.29) is 18.8 Å². The lowest BCUT2D eigenvalue weighted by Gasteiger charge is -2.11. The highest BCUT2D eigenvalue weighted by atomic mass is 32.2. The molecule has 2 N–H and O–H groups in total. The van der Waals surface area contributed by atoms with Crippen LogP contribution < -0.4 is 4.72 Å². The molecular formula is C7H13N5O4S.